The van der Waals surface area contributed by atoms with Crippen LogP contribution in [0, 0.1) is 5.82 Å². The SMILES string of the molecule is CC(C)(C)NCc1coc2c(F)cc(Cl)cc12. The summed E-state index contributed by atoms with van der Waals surface area (Å²) in [4.78, 5) is 0. The molecule has 0 aliphatic rings. The number of hydrogen-bond acceptors (Lipinski definition) is 2. The first kappa shape index (κ1) is 12.4. The molecule has 0 saturated heterocycles. The average Bonchev–Trinajstić information content (AvgIpc) is 2.57. The summed E-state index contributed by atoms with van der Waals surface area (Å²) in [6.45, 7) is 6.84. The van der Waals surface area contributed by atoms with Crippen molar-refractivity contribution in [1.82, 2.24) is 5.32 Å². The zero-order valence-corrected chi connectivity index (χ0v) is 10.9. The summed E-state index contributed by atoms with van der Waals surface area (Å²) in [7, 11) is 0. The summed E-state index contributed by atoms with van der Waals surface area (Å²) in [5.41, 5.74) is 1.18. The highest BCUT2D eigenvalue weighted by Crippen LogP contribution is 2.27. The van der Waals surface area contributed by atoms with Crippen LogP contribution in [0.3, 0.4) is 0 Å². The van der Waals surface area contributed by atoms with Crippen LogP contribution in [0.1, 0.15) is 26.3 Å². The van der Waals surface area contributed by atoms with E-state index in [1.165, 1.54) is 6.07 Å². The van der Waals surface area contributed by atoms with E-state index in [1.807, 2.05) is 0 Å². The summed E-state index contributed by atoms with van der Waals surface area (Å²) in [6, 6.07) is 2.98. The number of nitrogens with one attached hydrogen (secondary N) is 1. The molecule has 1 aromatic heterocycles. The standard InChI is InChI=1S/C13H15ClFNO/c1-13(2,3)16-6-8-7-17-12-10(8)4-9(14)5-11(12)15/h4-5,7,16H,6H2,1-3H3. The number of rotatable bonds is 2. The van der Waals surface area contributed by atoms with Gasteiger partial charge in [0.1, 0.15) is 0 Å². The van der Waals surface area contributed by atoms with Crippen molar-refractivity contribution in [3.05, 3.63) is 34.8 Å². The maximum atomic E-state index is 13.5. The lowest BCUT2D eigenvalue weighted by Crippen LogP contribution is -2.34. The molecule has 0 aliphatic carbocycles. The van der Waals surface area contributed by atoms with E-state index in [1.54, 1.807) is 12.3 Å². The minimum Gasteiger partial charge on any atom is -0.461 e. The molecule has 0 radical (unpaired) electrons. The van der Waals surface area contributed by atoms with Crippen molar-refractivity contribution in [3.63, 3.8) is 0 Å². The van der Waals surface area contributed by atoms with Gasteiger partial charge in [-0.3, -0.25) is 0 Å². The molecule has 0 atom stereocenters. The second-order valence-electron chi connectivity index (χ2n) is 5.13. The smallest absolute Gasteiger partial charge is 0.169 e. The Hall–Kier alpha value is -1.06. The number of hydrogen-bond donors (Lipinski definition) is 1. The van der Waals surface area contributed by atoms with Crippen LogP contribution in [0.5, 0.6) is 0 Å². The van der Waals surface area contributed by atoms with Crippen molar-refractivity contribution in [3.8, 4) is 0 Å². The van der Waals surface area contributed by atoms with Crippen LogP contribution in [0.15, 0.2) is 22.8 Å². The molecule has 1 N–H and O–H groups in total. The molecular weight excluding hydrogens is 241 g/mol. The molecule has 2 rings (SSSR count). The molecule has 0 unspecified atom stereocenters. The van der Waals surface area contributed by atoms with Crippen LogP contribution in [-0.4, -0.2) is 5.54 Å². The molecule has 0 aliphatic heterocycles. The molecule has 2 nitrogen and oxygen atoms in total. The second-order valence-corrected chi connectivity index (χ2v) is 5.57. The first-order valence-corrected chi connectivity index (χ1v) is 5.85. The predicted molar refractivity (Wildman–Crippen MR) is 67.8 cm³/mol. The second kappa shape index (κ2) is 4.31. The fraction of sp³-hybridized carbons (Fsp3) is 0.385. The first-order chi connectivity index (χ1) is 7.87. The van der Waals surface area contributed by atoms with Gasteiger partial charge < -0.3 is 9.73 Å². The van der Waals surface area contributed by atoms with E-state index in [0.717, 1.165) is 10.9 Å². The van der Waals surface area contributed by atoms with Crippen molar-refractivity contribution in [2.45, 2.75) is 32.9 Å². The number of fused-ring (bicyclic) bond motifs is 1. The highest BCUT2D eigenvalue weighted by molar-refractivity contribution is 6.31. The van der Waals surface area contributed by atoms with Gasteiger partial charge in [-0.1, -0.05) is 11.6 Å². The Morgan fingerprint density at radius 3 is 2.71 bits per heavy atom. The molecule has 0 saturated carbocycles. The van der Waals surface area contributed by atoms with Crippen molar-refractivity contribution in [1.29, 1.82) is 0 Å². The van der Waals surface area contributed by atoms with E-state index in [4.69, 9.17) is 16.0 Å². The van der Waals surface area contributed by atoms with Gasteiger partial charge in [0, 0.05) is 28.1 Å². The topological polar surface area (TPSA) is 25.2 Å². The van der Waals surface area contributed by atoms with E-state index in [0.29, 0.717) is 11.6 Å². The molecule has 17 heavy (non-hydrogen) atoms. The molecule has 2 aromatic rings. The van der Waals surface area contributed by atoms with Gasteiger partial charge in [-0.25, -0.2) is 4.39 Å². The largest absolute Gasteiger partial charge is 0.461 e. The molecule has 0 spiro atoms. The lowest BCUT2D eigenvalue weighted by atomic mass is 10.1. The van der Waals surface area contributed by atoms with Crippen LogP contribution in [0.2, 0.25) is 5.02 Å². The zero-order valence-electron chi connectivity index (χ0n) is 10.1. The van der Waals surface area contributed by atoms with E-state index in [2.05, 4.69) is 26.1 Å². The number of benzene rings is 1. The van der Waals surface area contributed by atoms with Gasteiger partial charge in [0.25, 0.3) is 0 Å². The third-order valence-electron chi connectivity index (χ3n) is 2.48. The van der Waals surface area contributed by atoms with Gasteiger partial charge >= 0.3 is 0 Å². The normalized spacial score (nSPS) is 12.3. The Kier molecular flexibility index (Phi) is 3.15. The molecule has 1 aromatic carbocycles. The Morgan fingerprint density at radius 1 is 1.35 bits per heavy atom. The van der Waals surface area contributed by atoms with E-state index < -0.39 is 5.82 Å². The van der Waals surface area contributed by atoms with E-state index >= 15 is 0 Å². The molecular formula is C13H15ClFNO. The minimum atomic E-state index is -0.422. The predicted octanol–water partition coefficient (Wildman–Crippen LogP) is 4.11. The highest BCUT2D eigenvalue weighted by atomic mass is 35.5. The van der Waals surface area contributed by atoms with Gasteiger partial charge in [-0.05, 0) is 32.9 Å². The van der Waals surface area contributed by atoms with Crippen molar-refractivity contribution in [2.75, 3.05) is 0 Å². The lowest BCUT2D eigenvalue weighted by Gasteiger charge is -2.19. The Balaban J connectivity index is 2.36. The van der Waals surface area contributed by atoms with Crippen LogP contribution in [0.25, 0.3) is 11.0 Å². The van der Waals surface area contributed by atoms with Crippen LogP contribution in [0.4, 0.5) is 4.39 Å². The Bertz CT molecular complexity index is 542. The molecule has 4 heteroatoms. The van der Waals surface area contributed by atoms with Gasteiger partial charge in [0.2, 0.25) is 0 Å². The first-order valence-electron chi connectivity index (χ1n) is 5.47. The Morgan fingerprint density at radius 2 is 2.06 bits per heavy atom. The van der Waals surface area contributed by atoms with Crippen LogP contribution in [-0.2, 0) is 6.54 Å². The minimum absolute atomic E-state index is 0.000707. The summed E-state index contributed by atoms with van der Waals surface area (Å²) in [5.74, 6) is -0.422. The van der Waals surface area contributed by atoms with Crippen molar-refractivity contribution < 1.29 is 8.81 Å². The summed E-state index contributed by atoms with van der Waals surface area (Å²) in [6.07, 6.45) is 1.57. The summed E-state index contributed by atoms with van der Waals surface area (Å²) < 4.78 is 18.8. The lowest BCUT2D eigenvalue weighted by molar-refractivity contribution is 0.423. The zero-order chi connectivity index (χ0) is 12.6. The molecule has 0 bridgehead atoms. The number of halogens is 2. The van der Waals surface area contributed by atoms with Gasteiger partial charge in [-0.15, -0.1) is 0 Å². The maximum absolute atomic E-state index is 13.5. The molecule has 0 fully saturated rings. The molecule has 0 amide bonds. The van der Waals surface area contributed by atoms with Gasteiger partial charge in [0.15, 0.2) is 11.4 Å². The average molecular weight is 256 g/mol. The third kappa shape index (κ3) is 2.79. The van der Waals surface area contributed by atoms with Gasteiger partial charge in [0.05, 0.1) is 6.26 Å². The number of furan rings is 1. The van der Waals surface area contributed by atoms with E-state index in [-0.39, 0.29) is 11.1 Å². The fourth-order valence-electron chi connectivity index (χ4n) is 1.61. The Labute approximate surface area is 105 Å². The quantitative estimate of drug-likeness (QED) is 0.874. The summed E-state index contributed by atoms with van der Waals surface area (Å²) >= 11 is 5.84. The van der Waals surface area contributed by atoms with E-state index in [9.17, 15) is 4.39 Å². The highest BCUT2D eigenvalue weighted by Gasteiger charge is 2.14. The van der Waals surface area contributed by atoms with Crippen LogP contribution < -0.4 is 5.32 Å². The van der Waals surface area contributed by atoms with Crippen molar-refractivity contribution in [2.24, 2.45) is 0 Å². The van der Waals surface area contributed by atoms with Crippen molar-refractivity contribution >= 4 is 22.6 Å². The third-order valence-corrected chi connectivity index (χ3v) is 2.70. The summed E-state index contributed by atoms with van der Waals surface area (Å²) in [5, 5.41) is 4.44. The monoisotopic (exact) mass is 255 g/mol. The van der Waals surface area contributed by atoms with Gasteiger partial charge in [-0.2, -0.15) is 0 Å². The molecule has 1 heterocycles. The van der Waals surface area contributed by atoms with Crippen LogP contribution >= 0.6 is 11.6 Å². The molecule has 92 valence electrons. The fourth-order valence-corrected chi connectivity index (χ4v) is 1.81. The maximum Gasteiger partial charge on any atom is 0.169 e.